The van der Waals surface area contributed by atoms with Crippen LogP contribution in [0.25, 0.3) is 0 Å². The van der Waals surface area contributed by atoms with Crippen molar-refractivity contribution in [3.05, 3.63) is 24.0 Å². The third-order valence-electron chi connectivity index (χ3n) is 5.25. The molecule has 2 fully saturated rings. The summed E-state index contributed by atoms with van der Waals surface area (Å²) >= 11 is 0. The zero-order chi connectivity index (χ0) is 18.2. The van der Waals surface area contributed by atoms with Crippen LogP contribution in [0.4, 0.5) is 0 Å². The second-order valence-corrected chi connectivity index (χ2v) is 7.29. The minimum absolute atomic E-state index is 0. The third-order valence-corrected chi connectivity index (χ3v) is 5.25. The fourth-order valence-corrected chi connectivity index (χ4v) is 3.85. The van der Waals surface area contributed by atoms with Gasteiger partial charge in [-0.05, 0) is 31.8 Å². The molecule has 26 heavy (non-hydrogen) atoms. The zero-order valence-corrected chi connectivity index (χ0v) is 18.1. The fraction of sp³-hybridized carbons (Fsp3) is 0.750. The maximum Gasteiger partial charge on any atom is 1.00 e. The Kier molecular flexibility index (Phi) is 11.1. The number of aliphatic hydroxyl groups is 2. The molecule has 1 aliphatic carbocycles. The van der Waals surface area contributed by atoms with Crippen molar-refractivity contribution in [1.82, 2.24) is 0 Å². The first-order valence-electron chi connectivity index (χ1n) is 9.61. The molecule has 0 spiro atoms. The Hall–Kier alpha value is -0.330. The molecule has 5 nitrogen and oxygen atoms in total. The SMILES string of the molecule is CCCCC[C@@H](O)/C=C/[C@@H]1[C@H]2C/C(=C/CCCC(=O)[O-])O[C@H]2C[C@H]1O.[Na+]. The molecule has 0 bridgehead atoms. The molecule has 2 N–H and O–H groups in total. The number of ether oxygens (including phenoxy) is 1. The van der Waals surface area contributed by atoms with Gasteiger partial charge in [0.25, 0.3) is 0 Å². The van der Waals surface area contributed by atoms with E-state index in [0.717, 1.165) is 37.9 Å². The van der Waals surface area contributed by atoms with E-state index >= 15 is 0 Å². The van der Waals surface area contributed by atoms with E-state index in [0.29, 0.717) is 19.3 Å². The first-order chi connectivity index (χ1) is 12.0. The topological polar surface area (TPSA) is 89.8 Å². The van der Waals surface area contributed by atoms with Gasteiger partial charge in [-0.15, -0.1) is 0 Å². The van der Waals surface area contributed by atoms with Gasteiger partial charge in [-0.2, -0.15) is 0 Å². The van der Waals surface area contributed by atoms with E-state index in [-0.39, 0.29) is 53.9 Å². The second kappa shape index (κ2) is 12.2. The van der Waals surface area contributed by atoms with Crippen molar-refractivity contribution >= 4 is 5.97 Å². The van der Waals surface area contributed by atoms with Gasteiger partial charge in [0.15, 0.2) is 0 Å². The minimum atomic E-state index is -1.02. The van der Waals surface area contributed by atoms with E-state index in [1.54, 1.807) is 0 Å². The van der Waals surface area contributed by atoms with Gasteiger partial charge in [0.05, 0.1) is 18.0 Å². The van der Waals surface area contributed by atoms with Gasteiger partial charge in [-0.3, -0.25) is 0 Å². The molecule has 2 rings (SSSR count). The summed E-state index contributed by atoms with van der Waals surface area (Å²) in [6, 6.07) is 0. The van der Waals surface area contributed by atoms with Crippen LogP contribution in [0, 0.1) is 11.8 Å². The number of unbranched alkanes of at least 4 members (excludes halogenated alkanes) is 3. The Morgan fingerprint density at radius 1 is 1.38 bits per heavy atom. The summed E-state index contributed by atoms with van der Waals surface area (Å²) in [5, 5.41) is 30.7. The number of fused-ring (bicyclic) bond motifs is 1. The van der Waals surface area contributed by atoms with Crippen LogP contribution in [0.2, 0.25) is 0 Å². The summed E-state index contributed by atoms with van der Waals surface area (Å²) in [6.45, 7) is 2.14. The van der Waals surface area contributed by atoms with E-state index in [1.807, 2.05) is 18.2 Å². The van der Waals surface area contributed by atoms with Gasteiger partial charge in [0.2, 0.25) is 0 Å². The van der Waals surface area contributed by atoms with Crippen LogP contribution in [0.1, 0.15) is 64.7 Å². The normalized spacial score (nSPS) is 30.2. The zero-order valence-electron chi connectivity index (χ0n) is 16.1. The number of hydrogen-bond acceptors (Lipinski definition) is 5. The molecule has 0 radical (unpaired) electrons. The molecule has 1 saturated heterocycles. The monoisotopic (exact) mass is 374 g/mol. The van der Waals surface area contributed by atoms with E-state index in [2.05, 4.69) is 6.92 Å². The quantitative estimate of drug-likeness (QED) is 0.293. The molecular formula is C20H31NaO5. The number of carboxylic acid groups (broad SMARTS) is 1. The summed E-state index contributed by atoms with van der Waals surface area (Å²) < 4.78 is 5.92. The van der Waals surface area contributed by atoms with Gasteiger partial charge in [0, 0.05) is 30.6 Å². The molecule has 6 heteroatoms. The van der Waals surface area contributed by atoms with Crippen LogP contribution in [-0.2, 0) is 9.53 Å². The average Bonchev–Trinajstić information content (AvgIpc) is 3.06. The summed E-state index contributed by atoms with van der Waals surface area (Å²) in [5.41, 5.74) is 0. The van der Waals surface area contributed by atoms with Crippen LogP contribution >= 0.6 is 0 Å². The summed E-state index contributed by atoms with van der Waals surface area (Å²) in [5.74, 6) is 0.136. The number of aliphatic carboxylic acids is 1. The van der Waals surface area contributed by atoms with Gasteiger partial charge in [-0.25, -0.2) is 0 Å². The molecule has 5 atom stereocenters. The predicted molar refractivity (Wildman–Crippen MR) is 93.3 cm³/mol. The Labute approximate surface area is 178 Å². The number of hydrogen-bond donors (Lipinski definition) is 2. The van der Waals surface area contributed by atoms with Crippen LogP contribution in [0.3, 0.4) is 0 Å². The van der Waals surface area contributed by atoms with E-state index in [4.69, 9.17) is 4.74 Å². The average molecular weight is 374 g/mol. The van der Waals surface area contributed by atoms with Crippen molar-refractivity contribution < 1.29 is 54.4 Å². The molecule has 2 aliphatic rings. The second-order valence-electron chi connectivity index (χ2n) is 7.29. The van der Waals surface area contributed by atoms with E-state index in [9.17, 15) is 20.1 Å². The molecule has 1 aliphatic heterocycles. The standard InChI is InChI=1S/C20H32O5.Na/c1-2-3-4-7-14(21)10-11-16-17-12-15(8-5-6-9-20(23)24)25-19(17)13-18(16)22;/h8,10-11,14,16-19,21-22H,2-7,9,12-13H2,1H3,(H,23,24);/q;+1/p-1/b11-10+,15-8-;/t14-,16-,17-,18-,19+;/m1./s1. The fourth-order valence-electron chi connectivity index (χ4n) is 3.85. The van der Waals surface area contributed by atoms with Crippen LogP contribution < -0.4 is 34.7 Å². The molecule has 1 saturated carbocycles. The number of carbonyl (C=O) groups excluding carboxylic acids is 1. The van der Waals surface area contributed by atoms with E-state index in [1.165, 1.54) is 0 Å². The first kappa shape index (κ1) is 23.7. The van der Waals surface area contributed by atoms with Crippen molar-refractivity contribution in [2.75, 3.05) is 0 Å². The molecule has 0 amide bonds. The summed E-state index contributed by atoms with van der Waals surface area (Å²) in [6.07, 6.45) is 11.6. The van der Waals surface area contributed by atoms with Crippen molar-refractivity contribution in [1.29, 1.82) is 0 Å². The van der Waals surface area contributed by atoms with Crippen LogP contribution in [-0.4, -0.2) is 34.5 Å². The van der Waals surface area contributed by atoms with Gasteiger partial charge in [-0.1, -0.05) is 38.3 Å². The largest absolute Gasteiger partial charge is 1.00 e. The van der Waals surface area contributed by atoms with Gasteiger partial charge < -0.3 is 24.9 Å². The Bertz CT molecular complexity index is 491. The number of carbonyl (C=O) groups is 1. The third kappa shape index (κ3) is 7.35. The summed E-state index contributed by atoms with van der Waals surface area (Å²) in [7, 11) is 0. The van der Waals surface area contributed by atoms with Crippen molar-refractivity contribution in [3.63, 3.8) is 0 Å². The van der Waals surface area contributed by atoms with Crippen molar-refractivity contribution in [3.8, 4) is 0 Å². The Morgan fingerprint density at radius 3 is 2.85 bits per heavy atom. The number of rotatable bonds is 10. The van der Waals surface area contributed by atoms with Crippen LogP contribution in [0.15, 0.2) is 24.0 Å². The van der Waals surface area contributed by atoms with Crippen LogP contribution in [0.5, 0.6) is 0 Å². The Morgan fingerprint density at radius 2 is 2.15 bits per heavy atom. The van der Waals surface area contributed by atoms with Crippen molar-refractivity contribution in [2.24, 2.45) is 11.8 Å². The molecule has 142 valence electrons. The minimum Gasteiger partial charge on any atom is -0.550 e. The summed E-state index contributed by atoms with van der Waals surface area (Å²) in [4.78, 5) is 10.4. The molecular weight excluding hydrogens is 343 g/mol. The predicted octanol–water partition coefficient (Wildman–Crippen LogP) is -0.922. The first-order valence-corrected chi connectivity index (χ1v) is 9.61. The number of carboxylic acids is 1. The molecule has 0 aromatic carbocycles. The smallest absolute Gasteiger partial charge is 0.550 e. The maximum atomic E-state index is 10.4. The van der Waals surface area contributed by atoms with Gasteiger partial charge in [0.1, 0.15) is 6.10 Å². The molecule has 0 aromatic heterocycles. The van der Waals surface area contributed by atoms with Crippen molar-refractivity contribution in [2.45, 2.75) is 83.0 Å². The number of aliphatic hydroxyl groups excluding tert-OH is 2. The maximum absolute atomic E-state index is 10.4. The Balaban J connectivity index is 0.00000338. The molecule has 0 aromatic rings. The number of allylic oxidation sites excluding steroid dienone is 2. The van der Waals surface area contributed by atoms with Gasteiger partial charge >= 0.3 is 29.6 Å². The molecule has 0 unspecified atom stereocenters. The molecule has 1 heterocycles. The van der Waals surface area contributed by atoms with E-state index < -0.39 is 18.2 Å².